The standard InChI is InChI=1S/C13H9ClIN3O/c1-8-17-6-12(15)13(19)18(8)7-10-3-2-9(5-16)4-11(10)14/h2-4,6H,7H2,1H3. The average molecular weight is 386 g/mol. The van der Waals surface area contributed by atoms with Gasteiger partial charge < -0.3 is 0 Å². The minimum absolute atomic E-state index is 0.0893. The van der Waals surface area contributed by atoms with Gasteiger partial charge >= 0.3 is 0 Å². The van der Waals surface area contributed by atoms with E-state index in [1.807, 2.05) is 28.7 Å². The zero-order valence-corrected chi connectivity index (χ0v) is 12.9. The lowest BCUT2D eigenvalue weighted by atomic mass is 10.1. The summed E-state index contributed by atoms with van der Waals surface area (Å²) in [5.74, 6) is 0.630. The molecule has 0 saturated carbocycles. The third-order valence-electron chi connectivity index (χ3n) is 2.72. The third-order valence-corrected chi connectivity index (χ3v) is 3.81. The van der Waals surface area contributed by atoms with Gasteiger partial charge in [-0.3, -0.25) is 9.36 Å². The second kappa shape index (κ2) is 5.72. The predicted molar refractivity (Wildman–Crippen MR) is 81.2 cm³/mol. The molecule has 0 aliphatic carbocycles. The van der Waals surface area contributed by atoms with Gasteiger partial charge in [-0.1, -0.05) is 17.7 Å². The highest BCUT2D eigenvalue weighted by Crippen LogP contribution is 2.18. The Kier molecular flexibility index (Phi) is 4.22. The van der Waals surface area contributed by atoms with Crippen molar-refractivity contribution in [3.05, 3.63) is 60.3 Å². The first-order chi connectivity index (χ1) is 9.02. The molecule has 0 saturated heterocycles. The van der Waals surface area contributed by atoms with E-state index in [4.69, 9.17) is 16.9 Å². The molecule has 1 aromatic carbocycles. The molecule has 0 radical (unpaired) electrons. The van der Waals surface area contributed by atoms with E-state index in [9.17, 15) is 4.79 Å². The number of rotatable bonds is 2. The number of aromatic nitrogens is 2. The van der Waals surface area contributed by atoms with E-state index >= 15 is 0 Å². The topological polar surface area (TPSA) is 58.7 Å². The number of nitrogens with zero attached hydrogens (tertiary/aromatic N) is 3. The Morgan fingerprint density at radius 3 is 2.89 bits per heavy atom. The van der Waals surface area contributed by atoms with E-state index in [1.165, 1.54) is 0 Å². The fourth-order valence-corrected chi connectivity index (χ4v) is 2.32. The summed E-state index contributed by atoms with van der Waals surface area (Å²) >= 11 is 8.07. The molecule has 1 aromatic heterocycles. The van der Waals surface area contributed by atoms with Crippen LogP contribution in [0.5, 0.6) is 0 Å². The maximum Gasteiger partial charge on any atom is 0.267 e. The molecule has 19 heavy (non-hydrogen) atoms. The first kappa shape index (κ1) is 14.0. The molecule has 0 atom stereocenters. The van der Waals surface area contributed by atoms with E-state index in [-0.39, 0.29) is 5.56 Å². The Morgan fingerprint density at radius 2 is 2.26 bits per heavy atom. The maximum absolute atomic E-state index is 12.0. The molecule has 0 fully saturated rings. The molecule has 96 valence electrons. The Hall–Kier alpha value is -1.39. The third kappa shape index (κ3) is 2.96. The highest BCUT2D eigenvalue weighted by atomic mass is 127. The van der Waals surface area contributed by atoms with Crippen molar-refractivity contribution in [2.45, 2.75) is 13.5 Å². The average Bonchev–Trinajstić information content (AvgIpc) is 2.40. The SMILES string of the molecule is Cc1ncc(I)c(=O)n1Cc1ccc(C#N)cc1Cl. The quantitative estimate of drug-likeness (QED) is 0.747. The van der Waals surface area contributed by atoms with Gasteiger partial charge in [0, 0.05) is 11.2 Å². The van der Waals surface area contributed by atoms with Crippen molar-refractivity contribution in [3.8, 4) is 6.07 Å². The summed E-state index contributed by atoms with van der Waals surface area (Å²) < 4.78 is 2.13. The molecule has 0 spiro atoms. The molecule has 0 aliphatic rings. The number of aryl methyl sites for hydroxylation is 1. The number of halogens is 2. The summed E-state index contributed by atoms with van der Waals surface area (Å²) in [6.07, 6.45) is 1.55. The molecule has 0 aliphatic heterocycles. The molecule has 0 bridgehead atoms. The summed E-state index contributed by atoms with van der Waals surface area (Å²) in [5, 5.41) is 9.27. The van der Waals surface area contributed by atoms with Crippen molar-refractivity contribution in [2.24, 2.45) is 0 Å². The van der Waals surface area contributed by atoms with Crippen LogP contribution in [0.3, 0.4) is 0 Å². The summed E-state index contributed by atoms with van der Waals surface area (Å²) in [5.41, 5.74) is 1.20. The minimum Gasteiger partial charge on any atom is -0.291 e. The van der Waals surface area contributed by atoms with Crippen molar-refractivity contribution < 1.29 is 0 Å². The molecular weight excluding hydrogens is 377 g/mol. The Morgan fingerprint density at radius 1 is 1.53 bits per heavy atom. The van der Waals surface area contributed by atoms with Crippen LogP contribution >= 0.6 is 34.2 Å². The molecule has 4 nitrogen and oxygen atoms in total. The monoisotopic (exact) mass is 385 g/mol. The fraction of sp³-hybridized carbons (Fsp3) is 0.154. The Labute approximate surface area is 128 Å². The molecule has 2 rings (SSSR count). The van der Waals surface area contributed by atoms with Crippen molar-refractivity contribution in [1.29, 1.82) is 5.26 Å². The second-order valence-corrected chi connectivity index (χ2v) is 5.53. The lowest BCUT2D eigenvalue weighted by Crippen LogP contribution is -2.26. The largest absolute Gasteiger partial charge is 0.291 e. The van der Waals surface area contributed by atoms with Crippen molar-refractivity contribution >= 4 is 34.2 Å². The lowest BCUT2D eigenvalue weighted by molar-refractivity contribution is 0.695. The lowest BCUT2D eigenvalue weighted by Gasteiger charge is -2.10. The highest BCUT2D eigenvalue weighted by molar-refractivity contribution is 14.1. The summed E-state index contributed by atoms with van der Waals surface area (Å²) in [7, 11) is 0. The van der Waals surface area contributed by atoms with E-state index in [2.05, 4.69) is 4.98 Å². The summed E-state index contributed by atoms with van der Waals surface area (Å²) in [4.78, 5) is 16.2. The molecule has 0 unspecified atom stereocenters. The Bertz CT molecular complexity index is 734. The molecule has 0 N–H and O–H groups in total. The van der Waals surface area contributed by atoms with Crippen LogP contribution in [0.1, 0.15) is 17.0 Å². The van der Waals surface area contributed by atoms with E-state index in [0.717, 1.165) is 5.56 Å². The minimum atomic E-state index is -0.0893. The van der Waals surface area contributed by atoms with E-state index in [1.54, 1.807) is 35.9 Å². The molecular formula is C13H9ClIN3O. The number of hydrogen-bond acceptors (Lipinski definition) is 3. The van der Waals surface area contributed by atoms with Gasteiger partial charge in [-0.2, -0.15) is 5.26 Å². The van der Waals surface area contributed by atoms with Gasteiger partial charge in [0.2, 0.25) is 0 Å². The van der Waals surface area contributed by atoms with Crippen LogP contribution in [-0.4, -0.2) is 9.55 Å². The van der Waals surface area contributed by atoms with E-state index < -0.39 is 0 Å². The van der Waals surface area contributed by atoms with Gasteiger partial charge in [-0.25, -0.2) is 4.98 Å². The van der Waals surface area contributed by atoms with Gasteiger partial charge in [0.25, 0.3) is 5.56 Å². The predicted octanol–water partition coefficient (Wildman–Crippen LogP) is 2.73. The van der Waals surface area contributed by atoms with Crippen LogP contribution in [0, 0.1) is 21.8 Å². The first-order valence-corrected chi connectivity index (χ1v) is 6.89. The van der Waals surface area contributed by atoms with Gasteiger partial charge in [0.15, 0.2) is 0 Å². The molecule has 0 amide bonds. The second-order valence-electron chi connectivity index (χ2n) is 3.96. The van der Waals surface area contributed by atoms with Crippen LogP contribution in [-0.2, 0) is 6.54 Å². The van der Waals surface area contributed by atoms with Crippen molar-refractivity contribution in [3.63, 3.8) is 0 Å². The van der Waals surface area contributed by atoms with Crippen molar-refractivity contribution in [1.82, 2.24) is 9.55 Å². The van der Waals surface area contributed by atoms with Crippen molar-refractivity contribution in [2.75, 3.05) is 0 Å². The summed E-state index contributed by atoms with van der Waals surface area (Å²) in [6.45, 7) is 2.12. The van der Waals surface area contributed by atoms with Crippen LogP contribution in [0.15, 0.2) is 29.2 Å². The molecule has 2 aromatic rings. The normalized spacial score (nSPS) is 10.2. The van der Waals surface area contributed by atoms with Crippen LogP contribution < -0.4 is 5.56 Å². The Balaban J connectivity index is 2.46. The smallest absolute Gasteiger partial charge is 0.267 e. The first-order valence-electron chi connectivity index (χ1n) is 5.43. The number of hydrogen-bond donors (Lipinski definition) is 0. The zero-order valence-electron chi connectivity index (χ0n) is 10.0. The van der Waals surface area contributed by atoms with Gasteiger partial charge in [-0.15, -0.1) is 0 Å². The van der Waals surface area contributed by atoms with Gasteiger partial charge in [-0.05, 0) is 47.2 Å². The summed E-state index contributed by atoms with van der Waals surface area (Å²) in [6, 6.07) is 7.06. The van der Waals surface area contributed by atoms with Crippen LogP contribution in [0.2, 0.25) is 5.02 Å². The maximum atomic E-state index is 12.0. The zero-order chi connectivity index (χ0) is 14.0. The van der Waals surface area contributed by atoms with Crippen LogP contribution in [0.4, 0.5) is 0 Å². The highest BCUT2D eigenvalue weighted by Gasteiger charge is 2.09. The van der Waals surface area contributed by atoms with E-state index in [0.29, 0.717) is 26.5 Å². The number of nitriles is 1. The number of benzene rings is 1. The van der Waals surface area contributed by atoms with Gasteiger partial charge in [0.05, 0.1) is 21.7 Å². The van der Waals surface area contributed by atoms with Crippen LogP contribution in [0.25, 0.3) is 0 Å². The molecule has 6 heteroatoms. The van der Waals surface area contributed by atoms with Gasteiger partial charge in [0.1, 0.15) is 5.82 Å². The molecule has 1 heterocycles. The fourth-order valence-electron chi connectivity index (χ4n) is 1.65.